The molecule has 0 bridgehead atoms. The first kappa shape index (κ1) is 16.9. The maximum Gasteiger partial charge on any atom is 0.126 e. The lowest BCUT2D eigenvalue weighted by Gasteiger charge is -2.35. The number of rotatable bonds is 7. The van der Waals surface area contributed by atoms with Crippen molar-refractivity contribution in [2.75, 3.05) is 46.3 Å². The molecule has 1 saturated heterocycles. The molecule has 0 spiro atoms. The predicted molar refractivity (Wildman–Crippen MR) is 93.2 cm³/mol. The normalized spacial score (nSPS) is 22.9. The molecule has 1 unspecified atom stereocenters. The molecule has 1 saturated carbocycles. The number of piperazine rings is 1. The van der Waals surface area contributed by atoms with Gasteiger partial charge in [0.05, 0.1) is 0 Å². The van der Waals surface area contributed by atoms with Gasteiger partial charge in [-0.2, -0.15) is 0 Å². The number of nitrogens with one attached hydrogen (secondary N) is 1. The number of halogens is 1. The standard InChI is InChI=1S/C19H30FN3/c1-16(13-17-5-3-4-6-18(17)20)21-14-19(7-8-19)15-23-11-9-22(2)10-12-23/h3-6,16,21H,7-15H2,1-2H3. The second-order valence-corrected chi connectivity index (χ2v) is 7.66. The Bertz CT molecular complexity index is 507. The van der Waals surface area contributed by atoms with E-state index in [2.05, 4.69) is 29.1 Å². The van der Waals surface area contributed by atoms with Crippen molar-refractivity contribution in [1.29, 1.82) is 0 Å². The van der Waals surface area contributed by atoms with Crippen LogP contribution in [0.4, 0.5) is 4.39 Å². The SMILES string of the molecule is CC(Cc1ccccc1F)NCC1(CN2CCN(C)CC2)CC1. The third-order valence-electron chi connectivity index (χ3n) is 5.42. The predicted octanol–water partition coefficient (Wildman–Crippen LogP) is 2.37. The van der Waals surface area contributed by atoms with Crippen molar-refractivity contribution >= 4 is 0 Å². The summed E-state index contributed by atoms with van der Waals surface area (Å²) >= 11 is 0. The minimum atomic E-state index is -0.0836. The fourth-order valence-electron chi connectivity index (χ4n) is 3.50. The zero-order valence-electron chi connectivity index (χ0n) is 14.5. The molecule has 0 amide bonds. The first-order valence-corrected chi connectivity index (χ1v) is 8.94. The molecule has 2 fully saturated rings. The van der Waals surface area contributed by atoms with E-state index in [0.29, 0.717) is 11.5 Å². The van der Waals surface area contributed by atoms with E-state index in [9.17, 15) is 4.39 Å². The largest absolute Gasteiger partial charge is 0.313 e. The van der Waals surface area contributed by atoms with Crippen LogP contribution in [0, 0.1) is 11.2 Å². The van der Waals surface area contributed by atoms with E-state index in [0.717, 1.165) is 18.5 Å². The van der Waals surface area contributed by atoms with Gasteiger partial charge < -0.3 is 15.1 Å². The maximum atomic E-state index is 13.7. The van der Waals surface area contributed by atoms with Gasteiger partial charge >= 0.3 is 0 Å². The topological polar surface area (TPSA) is 18.5 Å². The van der Waals surface area contributed by atoms with Crippen molar-refractivity contribution in [3.8, 4) is 0 Å². The Balaban J connectivity index is 1.43. The number of nitrogens with zero attached hydrogens (tertiary/aromatic N) is 2. The molecule has 1 atom stereocenters. The van der Waals surface area contributed by atoms with Crippen LogP contribution in [0.2, 0.25) is 0 Å². The van der Waals surface area contributed by atoms with Crippen LogP contribution in [0.5, 0.6) is 0 Å². The van der Waals surface area contributed by atoms with Gasteiger partial charge in [0.25, 0.3) is 0 Å². The molecular formula is C19H30FN3. The van der Waals surface area contributed by atoms with Crippen molar-refractivity contribution in [2.24, 2.45) is 5.41 Å². The molecule has 3 nitrogen and oxygen atoms in total. The number of benzene rings is 1. The zero-order valence-corrected chi connectivity index (χ0v) is 14.5. The van der Waals surface area contributed by atoms with Crippen molar-refractivity contribution in [3.05, 3.63) is 35.6 Å². The molecule has 2 aliphatic rings. The molecule has 1 heterocycles. The third-order valence-corrected chi connectivity index (χ3v) is 5.42. The van der Waals surface area contributed by atoms with E-state index in [4.69, 9.17) is 0 Å². The number of hydrogen-bond donors (Lipinski definition) is 1. The van der Waals surface area contributed by atoms with Gasteiger partial charge in [0.1, 0.15) is 5.82 Å². The van der Waals surface area contributed by atoms with Crippen molar-refractivity contribution in [1.82, 2.24) is 15.1 Å². The van der Waals surface area contributed by atoms with Crippen LogP contribution in [0.25, 0.3) is 0 Å². The number of hydrogen-bond acceptors (Lipinski definition) is 3. The minimum Gasteiger partial charge on any atom is -0.313 e. The van der Waals surface area contributed by atoms with Crippen molar-refractivity contribution < 1.29 is 4.39 Å². The second-order valence-electron chi connectivity index (χ2n) is 7.66. The van der Waals surface area contributed by atoms with Gasteiger partial charge in [0.15, 0.2) is 0 Å². The van der Waals surface area contributed by atoms with Crippen LogP contribution in [0.3, 0.4) is 0 Å². The molecule has 1 aliphatic carbocycles. The summed E-state index contributed by atoms with van der Waals surface area (Å²) in [4.78, 5) is 5.03. The van der Waals surface area contributed by atoms with Gasteiger partial charge in [-0.1, -0.05) is 18.2 Å². The quantitative estimate of drug-likeness (QED) is 0.832. The molecule has 23 heavy (non-hydrogen) atoms. The molecule has 1 aromatic carbocycles. The summed E-state index contributed by atoms with van der Waals surface area (Å²) in [7, 11) is 2.20. The van der Waals surface area contributed by atoms with Crippen LogP contribution in [0.1, 0.15) is 25.3 Å². The third kappa shape index (κ3) is 4.75. The van der Waals surface area contributed by atoms with E-state index in [1.54, 1.807) is 12.1 Å². The Morgan fingerprint density at radius 1 is 1.17 bits per heavy atom. The first-order chi connectivity index (χ1) is 11.1. The molecule has 1 aromatic rings. The fraction of sp³-hybridized carbons (Fsp3) is 0.684. The average Bonchev–Trinajstić information content (AvgIpc) is 3.30. The van der Waals surface area contributed by atoms with Gasteiger partial charge in [-0.25, -0.2) is 4.39 Å². The average molecular weight is 319 g/mol. The highest BCUT2D eigenvalue weighted by Gasteiger charge is 2.43. The van der Waals surface area contributed by atoms with E-state index < -0.39 is 0 Å². The highest BCUT2D eigenvalue weighted by Crippen LogP contribution is 2.45. The van der Waals surface area contributed by atoms with Crippen LogP contribution in [0.15, 0.2) is 24.3 Å². The second kappa shape index (κ2) is 7.29. The fourth-order valence-corrected chi connectivity index (χ4v) is 3.50. The van der Waals surface area contributed by atoms with Gasteiger partial charge in [-0.3, -0.25) is 0 Å². The van der Waals surface area contributed by atoms with Gasteiger partial charge in [-0.15, -0.1) is 0 Å². The summed E-state index contributed by atoms with van der Waals surface area (Å²) in [6, 6.07) is 7.44. The Morgan fingerprint density at radius 2 is 1.87 bits per heavy atom. The summed E-state index contributed by atoms with van der Waals surface area (Å²) in [5.74, 6) is -0.0836. The Labute approximate surface area is 139 Å². The van der Waals surface area contributed by atoms with Crippen LogP contribution in [-0.4, -0.2) is 62.2 Å². The Hall–Kier alpha value is -0.970. The van der Waals surface area contributed by atoms with E-state index >= 15 is 0 Å². The zero-order chi connectivity index (χ0) is 16.3. The van der Waals surface area contributed by atoms with Gasteiger partial charge in [0, 0.05) is 45.3 Å². The molecule has 1 N–H and O–H groups in total. The highest BCUT2D eigenvalue weighted by molar-refractivity contribution is 5.18. The van der Waals surface area contributed by atoms with Crippen LogP contribution >= 0.6 is 0 Å². The molecule has 1 aliphatic heterocycles. The van der Waals surface area contributed by atoms with E-state index in [1.807, 2.05) is 12.1 Å². The van der Waals surface area contributed by atoms with Crippen molar-refractivity contribution in [3.63, 3.8) is 0 Å². The Kier molecular flexibility index (Phi) is 5.34. The lowest BCUT2D eigenvalue weighted by Crippen LogP contribution is -2.48. The smallest absolute Gasteiger partial charge is 0.126 e. The summed E-state index contributed by atoms with van der Waals surface area (Å²) in [5, 5.41) is 3.66. The number of likely N-dealkylation sites (N-methyl/N-ethyl adjacent to an activating group) is 1. The molecule has 0 aromatic heterocycles. The first-order valence-electron chi connectivity index (χ1n) is 8.94. The van der Waals surface area contributed by atoms with E-state index in [-0.39, 0.29) is 5.82 Å². The summed E-state index contributed by atoms with van der Waals surface area (Å²) < 4.78 is 13.7. The van der Waals surface area contributed by atoms with Gasteiger partial charge in [0.2, 0.25) is 0 Å². The monoisotopic (exact) mass is 319 g/mol. The maximum absolute atomic E-state index is 13.7. The van der Waals surface area contributed by atoms with E-state index in [1.165, 1.54) is 45.6 Å². The van der Waals surface area contributed by atoms with Crippen LogP contribution < -0.4 is 5.32 Å². The Morgan fingerprint density at radius 3 is 2.52 bits per heavy atom. The molecule has 4 heteroatoms. The molecule has 128 valence electrons. The van der Waals surface area contributed by atoms with Crippen molar-refractivity contribution in [2.45, 2.75) is 32.2 Å². The molecule has 3 rings (SSSR count). The molecular weight excluding hydrogens is 289 g/mol. The summed E-state index contributed by atoms with van der Waals surface area (Å²) in [6.07, 6.45) is 3.43. The highest BCUT2D eigenvalue weighted by atomic mass is 19.1. The molecule has 0 radical (unpaired) electrons. The van der Waals surface area contributed by atoms with Crippen LogP contribution in [-0.2, 0) is 6.42 Å². The summed E-state index contributed by atoms with van der Waals surface area (Å²) in [5.41, 5.74) is 1.29. The lowest BCUT2D eigenvalue weighted by molar-refractivity contribution is 0.129. The summed E-state index contributed by atoms with van der Waals surface area (Å²) in [6.45, 7) is 9.22. The minimum absolute atomic E-state index is 0.0836. The lowest BCUT2D eigenvalue weighted by atomic mass is 10.0. The van der Waals surface area contributed by atoms with Gasteiger partial charge in [-0.05, 0) is 50.3 Å².